The molecule has 1 amide bonds. The monoisotopic (exact) mass is 332 g/mol. The molecule has 25 heavy (non-hydrogen) atoms. The Morgan fingerprint density at radius 1 is 0.920 bits per heavy atom. The molecule has 0 saturated carbocycles. The molecule has 0 aliphatic carbocycles. The Morgan fingerprint density at radius 3 is 2.44 bits per heavy atom. The number of nitrogens with zero attached hydrogens (tertiary/aromatic N) is 1. The first-order valence-corrected chi connectivity index (χ1v) is 8.81. The van der Waals surface area contributed by atoms with Crippen LogP contribution in [0, 0.1) is 0 Å². The van der Waals surface area contributed by atoms with Gasteiger partial charge in [-0.15, -0.1) is 0 Å². The Balaban J connectivity index is 1.81. The molecule has 0 radical (unpaired) electrons. The van der Waals surface area contributed by atoms with E-state index in [9.17, 15) is 4.79 Å². The maximum absolute atomic E-state index is 12.8. The quantitative estimate of drug-likeness (QED) is 0.694. The first-order chi connectivity index (χ1) is 12.2. The van der Waals surface area contributed by atoms with Crippen molar-refractivity contribution in [2.75, 3.05) is 18.4 Å². The van der Waals surface area contributed by atoms with E-state index in [4.69, 9.17) is 0 Å². The van der Waals surface area contributed by atoms with Gasteiger partial charge >= 0.3 is 0 Å². The van der Waals surface area contributed by atoms with Crippen molar-refractivity contribution in [3.63, 3.8) is 0 Å². The van der Waals surface area contributed by atoms with Crippen molar-refractivity contribution < 1.29 is 4.79 Å². The van der Waals surface area contributed by atoms with E-state index >= 15 is 0 Å². The van der Waals surface area contributed by atoms with Crippen LogP contribution in [0.15, 0.2) is 66.7 Å². The molecule has 0 unspecified atom stereocenters. The normalized spacial score (nSPS) is 11.0. The molecule has 0 spiro atoms. The zero-order chi connectivity index (χ0) is 17.6. The number of hydrogen-bond donors (Lipinski definition) is 1. The molecule has 0 fully saturated rings. The Bertz CT molecular complexity index is 863. The lowest BCUT2D eigenvalue weighted by Gasteiger charge is -2.18. The third-order valence-corrected chi connectivity index (χ3v) is 4.52. The molecule has 0 aromatic heterocycles. The molecule has 1 N–H and O–H groups in total. The molecule has 0 aliphatic rings. The molecule has 0 heterocycles. The van der Waals surface area contributed by atoms with E-state index in [0.29, 0.717) is 5.56 Å². The summed E-state index contributed by atoms with van der Waals surface area (Å²) in [6, 6.07) is 21.9. The van der Waals surface area contributed by atoms with Gasteiger partial charge in [-0.2, -0.15) is 0 Å². The molecule has 128 valence electrons. The van der Waals surface area contributed by atoms with Gasteiger partial charge in [0, 0.05) is 17.8 Å². The Kier molecular flexibility index (Phi) is 5.46. The van der Waals surface area contributed by atoms with Gasteiger partial charge in [0.1, 0.15) is 0 Å². The first-order valence-electron chi connectivity index (χ1n) is 8.81. The van der Waals surface area contributed by atoms with Gasteiger partial charge in [0.05, 0.1) is 0 Å². The molecule has 0 atom stereocenters. The molecule has 3 aromatic rings. The zero-order valence-electron chi connectivity index (χ0n) is 14.8. The van der Waals surface area contributed by atoms with Gasteiger partial charge in [-0.3, -0.25) is 9.69 Å². The van der Waals surface area contributed by atoms with E-state index in [0.717, 1.165) is 36.1 Å². The van der Waals surface area contributed by atoms with Gasteiger partial charge in [-0.05, 0) is 47.6 Å². The van der Waals surface area contributed by atoms with E-state index in [1.54, 1.807) is 0 Å². The highest BCUT2D eigenvalue weighted by molar-refractivity contribution is 6.12. The maximum Gasteiger partial charge on any atom is 0.256 e. The summed E-state index contributed by atoms with van der Waals surface area (Å²) < 4.78 is 0. The van der Waals surface area contributed by atoms with E-state index < -0.39 is 0 Å². The fourth-order valence-electron chi connectivity index (χ4n) is 3.07. The third kappa shape index (κ3) is 4.06. The molecule has 3 aromatic carbocycles. The molecule has 0 aliphatic heterocycles. The second-order valence-electron chi connectivity index (χ2n) is 6.14. The van der Waals surface area contributed by atoms with E-state index in [-0.39, 0.29) is 5.91 Å². The second kappa shape index (κ2) is 7.95. The highest BCUT2D eigenvalue weighted by Crippen LogP contribution is 2.20. The van der Waals surface area contributed by atoms with Crippen molar-refractivity contribution >= 4 is 22.4 Å². The van der Waals surface area contributed by atoms with E-state index in [1.165, 1.54) is 5.56 Å². The largest absolute Gasteiger partial charge is 0.322 e. The Labute approximate surface area is 149 Å². The van der Waals surface area contributed by atoms with Gasteiger partial charge < -0.3 is 5.32 Å². The predicted octanol–water partition coefficient (Wildman–Crippen LogP) is 4.93. The average Bonchev–Trinajstić information content (AvgIpc) is 2.66. The summed E-state index contributed by atoms with van der Waals surface area (Å²) in [5.41, 5.74) is 2.74. The summed E-state index contributed by atoms with van der Waals surface area (Å²) >= 11 is 0. The van der Waals surface area contributed by atoms with Crippen molar-refractivity contribution in [2.24, 2.45) is 0 Å². The summed E-state index contributed by atoms with van der Waals surface area (Å²) in [6.45, 7) is 7.25. The van der Waals surface area contributed by atoms with Crippen molar-refractivity contribution in [2.45, 2.75) is 20.4 Å². The minimum absolute atomic E-state index is 0.0724. The topological polar surface area (TPSA) is 32.3 Å². The zero-order valence-corrected chi connectivity index (χ0v) is 14.8. The number of fused-ring (bicyclic) bond motifs is 1. The van der Waals surface area contributed by atoms with Crippen LogP contribution in [0.3, 0.4) is 0 Å². The average molecular weight is 332 g/mol. The number of amides is 1. The van der Waals surface area contributed by atoms with Gasteiger partial charge in [0.25, 0.3) is 5.91 Å². The van der Waals surface area contributed by atoms with Crippen LogP contribution < -0.4 is 5.32 Å². The molecule has 3 rings (SSSR count). The lowest BCUT2D eigenvalue weighted by molar-refractivity contribution is 0.102. The summed E-state index contributed by atoms with van der Waals surface area (Å²) in [7, 11) is 0. The number of rotatable bonds is 6. The Hall–Kier alpha value is -2.65. The SMILES string of the molecule is CCN(CC)Cc1cccc(NC(=O)c2cccc3ccccc23)c1. The fourth-order valence-corrected chi connectivity index (χ4v) is 3.07. The first kappa shape index (κ1) is 17.2. The standard InChI is InChI=1S/C22H24N2O/c1-3-24(4-2)16-17-9-7-12-19(15-17)23-22(25)21-14-8-11-18-10-5-6-13-20(18)21/h5-15H,3-4,16H2,1-2H3,(H,23,25). The van der Waals surface area contributed by atoms with Crippen LogP contribution in [0.4, 0.5) is 5.69 Å². The highest BCUT2D eigenvalue weighted by atomic mass is 16.1. The van der Waals surface area contributed by atoms with Gasteiger partial charge in [-0.1, -0.05) is 62.4 Å². The third-order valence-electron chi connectivity index (χ3n) is 4.52. The molecule has 3 heteroatoms. The maximum atomic E-state index is 12.8. The number of anilines is 1. The number of carbonyl (C=O) groups is 1. The number of hydrogen-bond acceptors (Lipinski definition) is 2. The van der Waals surface area contributed by atoms with Crippen LogP contribution in [0.25, 0.3) is 10.8 Å². The van der Waals surface area contributed by atoms with Crippen LogP contribution in [0.2, 0.25) is 0 Å². The summed E-state index contributed by atoms with van der Waals surface area (Å²) in [4.78, 5) is 15.1. The van der Waals surface area contributed by atoms with Gasteiger partial charge in [0.15, 0.2) is 0 Å². The van der Waals surface area contributed by atoms with Crippen molar-refractivity contribution in [1.29, 1.82) is 0 Å². The number of carbonyl (C=O) groups excluding carboxylic acids is 1. The number of benzene rings is 3. The lowest BCUT2D eigenvalue weighted by Crippen LogP contribution is -2.22. The van der Waals surface area contributed by atoms with Crippen LogP contribution in [-0.2, 0) is 6.54 Å². The van der Waals surface area contributed by atoms with Crippen LogP contribution in [0.5, 0.6) is 0 Å². The molecule has 0 bridgehead atoms. The van der Waals surface area contributed by atoms with Crippen molar-refractivity contribution in [1.82, 2.24) is 4.90 Å². The molecular formula is C22H24N2O. The van der Waals surface area contributed by atoms with Gasteiger partial charge in [-0.25, -0.2) is 0 Å². The van der Waals surface area contributed by atoms with Crippen molar-refractivity contribution in [3.05, 3.63) is 77.9 Å². The molecule has 0 saturated heterocycles. The summed E-state index contributed by atoms with van der Waals surface area (Å²) in [5.74, 6) is -0.0724. The van der Waals surface area contributed by atoms with E-state index in [1.807, 2.05) is 54.6 Å². The van der Waals surface area contributed by atoms with Crippen molar-refractivity contribution in [3.8, 4) is 0 Å². The van der Waals surface area contributed by atoms with Crippen LogP contribution >= 0.6 is 0 Å². The molecule has 3 nitrogen and oxygen atoms in total. The Morgan fingerprint density at radius 2 is 1.64 bits per heavy atom. The highest BCUT2D eigenvalue weighted by Gasteiger charge is 2.10. The minimum atomic E-state index is -0.0724. The fraction of sp³-hybridized carbons (Fsp3) is 0.227. The lowest BCUT2D eigenvalue weighted by atomic mass is 10.0. The smallest absolute Gasteiger partial charge is 0.256 e. The summed E-state index contributed by atoms with van der Waals surface area (Å²) in [5, 5.41) is 5.09. The van der Waals surface area contributed by atoms with Gasteiger partial charge in [0.2, 0.25) is 0 Å². The van der Waals surface area contributed by atoms with Crippen LogP contribution in [-0.4, -0.2) is 23.9 Å². The predicted molar refractivity (Wildman–Crippen MR) is 105 cm³/mol. The second-order valence-corrected chi connectivity index (χ2v) is 6.14. The minimum Gasteiger partial charge on any atom is -0.322 e. The summed E-state index contributed by atoms with van der Waals surface area (Å²) in [6.07, 6.45) is 0. The number of nitrogens with one attached hydrogen (secondary N) is 1. The van der Waals surface area contributed by atoms with E-state index in [2.05, 4.69) is 36.2 Å². The molecular weight excluding hydrogens is 308 g/mol. The van der Waals surface area contributed by atoms with Crippen LogP contribution in [0.1, 0.15) is 29.8 Å².